The normalized spacial score (nSPS) is 10.5. The minimum atomic E-state index is -0.529. The van der Waals surface area contributed by atoms with Crippen LogP contribution in [0.15, 0.2) is 72.2 Å². The summed E-state index contributed by atoms with van der Waals surface area (Å²) in [6.07, 6.45) is 5.67. The number of benzene rings is 1. The van der Waals surface area contributed by atoms with Gasteiger partial charge in [-0.1, -0.05) is 0 Å². The van der Waals surface area contributed by atoms with E-state index in [9.17, 15) is 14.9 Å². The molecule has 0 aliphatic heterocycles. The fraction of sp³-hybridized carbons (Fsp3) is 0. The third-order valence-corrected chi connectivity index (χ3v) is 3.36. The molecule has 27 heavy (non-hydrogen) atoms. The molecule has 0 fully saturated rings. The molecule has 0 spiro atoms. The van der Waals surface area contributed by atoms with E-state index in [4.69, 9.17) is 4.74 Å². The van der Waals surface area contributed by atoms with Crippen LogP contribution in [0.5, 0.6) is 11.6 Å². The minimum absolute atomic E-state index is 0.109. The summed E-state index contributed by atoms with van der Waals surface area (Å²) in [4.78, 5) is 29.6. The number of nitro groups is 1. The van der Waals surface area contributed by atoms with Gasteiger partial charge in [0.05, 0.1) is 11.1 Å². The lowest BCUT2D eigenvalue weighted by Crippen LogP contribution is -2.17. The zero-order valence-corrected chi connectivity index (χ0v) is 13.9. The van der Waals surface area contributed by atoms with Gasteiger partial charge in [0.1, 0.15) is 11.9 Å². The molecule has 0 saturated carbocycles. The first kappa shape index (κ1) is 17.7. The molecular formula is C18H13N5O4. The highest BCUT2D eigenvalue weighted by molar-refractivity contribution is 5.94. The smallest absolute Gasteiger partial charge is 0.287 e. The predicted molar refractivity (Wildman–Crippen MR) is 96.7 cm³/mol. The topological polar surface area (TPSA) is 120 Å². The third kappa shape index (κ3) is 4.92. The lowest BCUT2D eigenvalue weighted by atomic mass is 10.2. The maximum atomic E-state index is 11.8. The van der Waals surface area contributed by atoms with Gasteiger partial charge in [-0.15, -0.1) is 0 Å². The number of ether oxygens (including phenoxy) is 1. The first-order valence-electron chi connectivity index (χ1n) is 7.73. The molecular weight excluding hydrogens is 350 g/mol. The molecule has 1 N–H and O–H groups in total. The Morgan fingerprint density at radius 3 is 2.48 bits per heavy atom. The minimum Gasteiger partial charge on any atom is -0.439 e. The van der Waals surface area contributed by atoms with Gasteiger partial charge in [-0.2, -0.15) is 5.10 Å². The van der Waals surface area contributed by atoms with E-state index >= 15 is 0 Å². The summed E-state index contributed by atoms with van der Waals surface area (Å²) in [5, 5.41) is 14.5. The number of rotatable bonds is 6. The largest absolute Gasteiger partial charge is 0.439 e. The summed E-state index contributed by atoms with van der Waals surface area (Å²) >= 11 is 0. The Kier molecular flexibility index (Phi) is 5.43. The Hall–Kier alpha value is -4.14. The highest BCUT2D eigenvalue weighted by Gasteiger charge is 2.06. The number of aromatic nitrogens is 2. The maximum Gasteiger partial charge on any atom is 0.287 e. The zero-order valence-electron chi connectivity index (χ0n) is 13.9. The summed E-state index contributed by atoms with van der Waals surface area (Å²) in [7, 11) is 0. The van der Waals surface area contributed by atoms with Crippen LogP contribution in [0.1, 0.15) is 15.9 Å². The van der Waals surface area contributed by atoms with Crippen LogP contribution in [-0.2, 0) is 0 Å². The average Bonchev–Trinajstić information content (AvgIpc) is 2.70. The second-order valence-electron chi connectivity index (χ2n) is 5.22. The number of hydrogen-bond acceptors (Lipinski definition) is 7. The Balaban J connectivity index is 1.56. The van der Waals surface area contributed by atoms with Gasteiger partial charge in [0, 0.05) is 30.1 Å². The van der Waals surface area contributed by atoms with E-state index in [0.717, 1.165) is 11.8 Å². The summed E-state index contributed by atoms with van der Waals surface area (Å²) in [5.74, 6) is 0.416. The van der Waals surface area contributed by atoms with Gasteiger partial charge in [-0.3, -0.25) is 19.9 Å². The first-order valence-corrected chi connectivity index (χ1v) is 7.73. The van der Waals surface area contributed by atoms with Gasteiger partial charge in [-0.25, -0.2) is 10.4 Å². The molecule has 0 radical (unpaired) electrons. The van der Waals surface area contributed by atoms with Crippen molar-refractivity contribution in [2.45, 2.75) is 0 Å². The van der Waals surface area contributed by atoms with E-state index < -0.39 is 4.92 Å². The quantitative estimate of drug-likeness (QED) is 0.408. The molecule has 0 bridgehead atoms. The van der Waals surface area contributed by atoms with Crippen molar-refractivity contribution in [2.24, 2.45) is 5.10 Å². The molecule has 2 heterocycles. The third-order valence-electron chi connectivity index (χ3n) is 3.36. The van der Waals surface area contributed by atoms with E-state index in [1.807, 2.05) is 0 Å². The lowest BCUT2D eigenvalue weighted by Gasteiger charge is -2.04. The van der Waals surface area contributed by atoms with Crippen molar-refractivity contribution in [2.75, 3.05) is 0 Å². The number of nitrogens with zero attached hydrogens (tertiary/aromatic N) is 4. The molecule has 0 saturated heterocycles. The van der Waals surface area contributed by atoms with Gasteiger partial charge in [0.2, 0.25) is 5.88 Å². The molecule has 0 unspecified atom stereocenters. The number of hydrogen-bond donors (Lipinski definition) is 1. The average molecular weight is 363 g/mol. The Morgan fingerprint density at radius 1 is 1.11 bits per heavy atom. The van der Waals surface area contributed by atoms with Crippen LogP contribution in [0, 0.1) is 10.1 Å². The Labute approximate surface area is 153 Å². The van der Waals surface area contributed by atoms with Crippen LogP contribution < -0.4 is 10.2 Å². The molecule has 9 nitrogen and oxygen atoms in total. The fourth-order valence-electron chi connectivity index (χ4n) is 2.02. The maximum absolute atomic E-state index is 11.8. The zero-order chi connectivity index (χ0) is 19.1. The molecule has 9 heteroatoms. The van der Waals surface area contributed by atoms with E-state index in [1.54, 1.807) is 36.4 Å². The summed E-state index contributed by atoms with van der Waals surface area (Å²) < 4.78 is 5.51. The fourth-order valence-corrected chi connectivity index (χ4v) is 2.02. The van der Waals surface area contributed by atoms with Gasteiger partial charge in [0.15, 0.2) is 0 Å². The van der Waals surface area contributed by atoms with Crippen molar-refractivity contribution in [3.05, 3.63) is 88.4 Å². The van der Waals surface area contributed by atoms with Crippen molar-refractivity contribution in [3.8, 4) is 11.6 Å². The van der Waals surface area contributed by atoms with Crippen LogP contribution in [0.25, 0.3) is 0 Å². The van der Waals surface area contributed by atoms with Crippen molar-refractivity contribution in [1.82, 2.24) is 15.4 Å². The highest BCUT2D eigenvalue weighted by Crippen LogP contribution is 2.21. The molecule has 3 rings (SSSR count). The summed E-state index contributed by atoms with van der Waals surface area (Å²) in [5.41, 5.74) is 3.52. The number of carbonyl (C=O) groups is 1. The van der Waals surface area contributed by atoms with Gasteiger partial charge >= 0.3 is 0 Å². The number of amides is 1. The van der Waals surface area contributed by atoms with Crippen LogP contribution in [0.2, 0.25) is 0 Å². The van der Waals surface area contributed by atoms with Gasteiger partial charge in [0.25, 0.3) is 11.6 Å². The molecule has 1 aromatic carbocycles. The van der Waals surface area contributed by atoms with Crippen LogP contribution in [0.3, 0.4) is 0 Å². The lowest BCUT2D eigenvalue weighted by molar-refractivity contribution is -0.385. The predicted octanol–water partition coefficient (Wildman–Crippen LogP) is 2.94. The Morgan fingerprint density at radius 2 is 1.85 bits per heavy atom. The monoisotopic (exact) mass is 363 g/mol. The van der Waals surface area contributed by atoms with E-state index in [1.165, 1.54) is 30.7 Å². The SMILES string of the molecule is O=C(N/N=C\c1ccc(Oc2ccc([N+](=O)[O-])cn2)cc1)c1ccncc1. The first-order chi connectivity index (χ1) is 13.1. The molecule has 2 aromatic heterocycles. The molecule has 134 valence electrons. The number of hydrazone groups is 1. The van der Waals surface area contributed by atoms with Crippen molar-refractivity contribution >= 4 is 17.8 Å². The van der Waals surface area contributed by atoms with Crippen LogP contribution in [0.4, 0.5) is 5.69 Å². The summed E-state index contributed by atoms with van der Waals surface area (Å²) in [6, 6.07) is 12.8. The highest BCUT2D eigenvalue weighted by atomic mass is 16.6. The van der Waals surface area contributed by atoms with E-state index in [-0.39, 0.29) is 17.5 Å². The van der Waals surface area contributed by atoms with Gasteiger partial charge < -0.3 is 4.74 Å². The van der Waals surface area contributed by atoms with Crippen molar-refractivity contribution in [3.63, 3.8) is 0 Å². The van der Waals surface area contributed by atoms with Crippen molar-refractivity contribution in [1.29, 1.82) is 0 Å². The molecule has 1 amide bonds. The molecule has 0 aliphatic carbocycles. The number of pyridine rings is 2. The summed E-state index contributed by atoms with van der Waals surface area (Å²) in [6.45, 7) is 0. The number of carbonyl (C=O) groups excluding carboxylic acids is 1. The second kappa shape index (κ2) is 8.30. The second-order valence-corrected chi connectivity index (χ2v) is 5.22. The Bertz CT molecular complexity index is 957. The standard InChI is InChI=1S/C18H13N5O4/c24-18(14-7-9-19-10-8-14)22-21-11-13-1-4-16(5-2-13)27-17-6-3-15(12-20-17)23(25)26/h1-12H,(H,22,24)/b21-11-. The molecule has 3 aromatic rings. The van der Waals surface area contributed by atoms with E-state index in [0.29, 0.717) is 11.3 Å². The molecule has 0 atom stereocenters. The number of nitrogens with one attached hydrogen (secondary N) is 1. The van der Waals surface area contributed by atoms with Crippen molar-refractivity contribution < 1.29 is 14.5 Å². The molecule has 0 aliphatic rings. The van der Waals surface area contributed by atoms with E-state index in [2.05, 4.69) is 20.5 Å². The van der Waals surface area contributed by atoms with Crippen LogP contribution >= 0.6 is 0 Å². The van der Waals surface area contributed by atoms with Crippen LogP contribution in [-0.4, -0.2) is 27.0 Å². The van der Waals surface area contributed by atoms with Gasteiger partial charge in [-0.05, 0) is 42.0 Å².